The topological polar surface area (TPSA) is 78.0 Å². The maximum absolute atomic E-state index is 12.9. The fourth-order valence-electron chi connectivity index (χ4n) is 4.70. The molecule has 0 atom stereocenters. The molecule has 11 heteroatoms. The van der Waals surface area contributed by atoms with Gasteiger partial charge in [-0.25, -0.2) is 9.78 Å². The summed E-state index contributed by atoms with van der Waals surface area (Å²) in [6, 6.07) is 22.3. The average Bonchev–Trinajstić information content (AvgIpc) is 3.56. The Bertz CT molecular complexity index is 1540. The van der Waals surface area contributed by atoms with Crippen LogP contribution in [0.15, 0.2) is 78.2 Å². The summed E-state index contributed by atoms with van der Waals surface area (Å²) in [4.78, 5) is 29.4. The van der Waals surface area contributed by atoms with Crippen molar-refractivity contribution in [3.63, 3.8) is 0 Å². The van der Waals surface area contributed by atoms with E-state index in [1.165, 1.54) is 19.6 Å². The average molecular weight is 641 g/mol. The Balaban J connectivity index is 1.37. The summed E-state index contributed by atoms with van der Waals surface area (Å²) in [6.07, 6.45) is -1.83. The lowest BCUT2D eigenvalue weighted by Crippen LogP contribution is -2.27. The van der Waals surface area contributed by atoms with Crippen LogP contribution in [0.1, 0.15) is 51.3 Å². The Morgan fingerprint density at radius 3 is 2.24 bits per heavy atom. The first-order chi connectivity index (χ1) is 21.7. The molecule has 0 saturated carbocycles. The number of para-hydroxylation sites is 1. The van der Waals surface area contributed by atoms with Crippen LogP contribution < -0.4 is 4.74 Å². The van der Waals surface area contributed by atoms with Crippen LogP contribution in [-0.2, 0) is 40.0 Å². The van der Waals surface area contributed by atoms with Gasteiger partial charge in [0.05, 0.1) is 25.5 Å². The van der Waals surface area contributed by atoms with Crippen molar-refractivity contribution in [1.82, 2.24) is 9.88 Å². The molecular weight excluding hydrogens is 605 g/mol. The van der Waals surface area contributed by atoms with Crippen LogP contribution in [0.4, 0.5) is 13.2 Å². The third-order valence-electron chi connectivity index (χ3n) is 7.17. The zero-order valence-corrected chi connectivity index (χ0v) is 26.0. The van der Waals surface area contributed by atoms with Crippen LogP contribution in [0, 0.1) is 0 Å². The van der Waals surface area contributed by atoms with Crippen molar-refractivity contribution in [1.29, 1.82) is 0 Å². The van der Waals surface area contributed by atoms with Crippen LogP contribution in [-0.4, -0.2) is 49.1 Å². The highest BCUT2D eigenvalue weighted by atomic mass is 32.1. The van der Waals surface area contributed by atoms with Crippen molar-refractivity contribution in [2.24, 2.45) is 0 Å². The van der Waals surface area contributed by atoms with Crippen LogP contribution >= 0.6 is 11.3 Å². The van der Waals surface area contributed by atoms with Gasteiger partial charge in [0.1, 0.15) is 12.4 Å². The van der Waals surface area contributed by atoms with Gasteiger partial charge in [-0.2, -0.15) is 13.2 Å². The lowest BCUT2D eigenvalue weighted by atomic mass is 10.1. The summed E-state index contributed by atoms with van der Waals surface area (Å²) in [5.74, 6) is 0.149. The summed E-state index contributed by atoms with van der Waals surface area (Å²) in [5, 5.41) is 0.544. The van der Waals surface area contributed by atoms with Gasteiger partial charge in [-0.05, 0) is 60.7 Å². The minimum atomic E-state index is -4.46. The van der Waals surface area contributed by atoms with Gasteiger partial charge in [0.15, 0.2) is 5.01 Å². The largest absolute Gasteiger partial charge is 0.489 e. The second-order valence-corrected chi connectivity index (χ2v) is 11.2. The Labute approximate surface area is 264 Å². The summed E-state index contributed by atoms with van der Waals surface area (Å²) >= 11 is 0.581. The summed E-state index contributed by atoms with van der Waals surface area (Å²) < 4.78 is 54.5. The number of ether oxygens (including phenoxy) is 3. The minimum absolute atomic E-state index is 0.223. The number of esters is 2. The normalized spacial score (nSPS) is 11.4. The maximum atomic E-state index is 12.9. The standard InChI is InChI=1S/C34H35F3N2O5S/c1-42-31(40)9-5-6-19-39(21-24-10-16-28(17-11-24)32(41)43-2)20-18-27-7-3-4-8-30(27)44-22-25-12-14-26(15-13-25)29-23-45-33(38-29)34(35,36)37/h3-4,7-8,10-17,23H,5-6,9,18-22H2,1-2H3. The Kier molecular flexibility index (Phi) is 12.1. The molecule has 0 N–H and O–H groups in total. The van der Waals surface area contributed by atoms with Crippen molar-refractivity contribution < 1.29 is 37.0 Å². The quantitative estimate of drug-likeness (QED) is 0.0979. The molecule has 1 aromatic heterocycles. The Morgan fingerprint density at radius 2 is 1.58 bits per heavy atom. The molecule has 238 valence electrons. The Hall–Kier alpha value is -4.22. The number of rotatable bonds is 15. The molecule has 4 rings (SSSR count). The molecule has 0 aliphatic rings. The molecular formula is C34H35F3N2O5S. The van der Waals surface area contributed by atoms with Gasteiger partial charge in [-0.1, -0.05) is 54.6 Å². The number of halogens is 3. The van der Waals surface area contributed by atoms with Gasteiger partial charge in [0.25, 0.3) is 0 Å². The van der Waals surface area contributed by atoms with Crippen molar-refractivity contribution in [3.8, 4) is 17.0 Å². The van der Waals surface area contributed by atoms with E-state index in [-0.39, 0.29) is 11.9 Å². The number of benzene rings is 3. The van der Waals surface area contributed by atoms with Crippen molar-refractivity contribution >= 4 is 23.3 Å². The third-order valence-corrected chi connectivity index (χ3v) is 8.06. The van der Waals surface area contributed by atoms with E-state index in [1.807, 2.05) is 48.5 Å². The lowest BCUT2D eigenvalue weighted by Gasteiger charge is -2.23. The number of hydrogen-bond donors (Lipinski definition) is 0. The fraction of sp³-hybridized carbons (Fsp3) is 0.324. The number of aromatic nitrogens is 1. The van der Waals surface area contributed by atoms with Crippen LogP contribution in [0.2, 0.25) is 0 Å². The minimum Gasteiger partial charge on any atom is -0.489 e. The second kappa shape index (κ2) is 16.2. The molecule has 0 fully saturated rings. The number of unbranched alkanes of at least 4 members (excludes halogenated alkanes) is 1. The SMILES string of the molecule is COC(=O)CCCCN(CCc1ccccc1OCc1ccc(-c2csc(C(F)(F)F)n2)cc1)Cc1ccc(C(=O)OC)cc1. The molecule has 0 aliphatic carbocycles. The molecule has 1 heterocycles. The molecule has 0 saturated heterocycles. The van der Waals surface area contributed by atoms with Crippen LogP contribution in [0.25, 0.3) is 11.3 Å². The highest BCUT2D eigenvalue weighted by Crippen LogP contribution is 2.34. The highest BCUT2D eigenvalue weighted by Gasteiger charge is 2.34. The molecule has 0 radical (unpaired) electrons. The smallest absolute Gasteiger partial charge is 0.443 e. The van der Waals surface area contributed by atoms with Crippen molar-refractivity contribution in [3.05, 3.63) is 105 Å². The second-order valence-electron chi connectivity index (χ2n) is 10.4. The predicted molar refractivity (Wildman–Crippen MR) is 166 cm³/mol. The van der Waals surface area contributed by atoms with E-state index in [1.54, 1.807) is 24.3 Å². The molecule has 0 aliphatic heterocycles. The molecule has 0 bridgehead atoms. The van der Waals surface area contributed by atoms with E-state index in [0.29, 0.717) is 47.7 Å². The molecule has 7 nitrogen and oxygen atoms in total. The molecule has 0 unspecified atom stereocenters. The fourth-order valence-corrected chi connectivity index (χ4v) is 5.39. The predicted octanol–water partition coefficient (Wildman–Crippen LogP) is 7.58. The number of nitrogens with zero attached hydrogens (tertiary/aromatic N) is 2. The molecule has 3 aromatic carbocycles. The first-order valence-electron chi connectivity index (χ1n) is 14.5. The molecule has 0 spiro atoms. The summed E-state index contributed by atoms with van der Waals surface area (Å²) in [7, 11) is 2.74. The van der Waals surface area contributed by atoms with Gasteiger partial charge < -0.3 is 14.2 Å². The van der Waals surface area contributed by atoms with Crippen LogP contribution in [0.5, 0.6) is 5.75 Å². The number of thiazole rings is 1. The number of alkyl halides is 3. The zero-order valence-electron chi connectivity index (χ0n) is 25.1. The highest BCUT2D eigenvalue weighted by molar-refractivity contribution is 7.10. The van der Waals surface area contributed by atoms with E-state index >= 15 is 0 Å². The van der Waals surface area contributed by atoms with Gasteiger partial charge in [0, 0.05) is 30.5 Å². The maximum Gasteiger partial charge on any atom is 0.443 e. The van der Waals surface area contributed by atoms with Gasteiger partial charge >= 0.3 is 18.1 Å². The third kappa shape index (κ3) is 10.2. The van der Waals surface area contributed by atoms with E-state index in [9.17, 15) is 22.8 Å². The first kappa shape index (κ1) is 33.7. The monoisotopic (exact) mass is 640 g/mol. The van der Waals surface area contributed by atoms with Gasteiger partial charge in [-0.3, -0.25) is 9.69 Å². The number of methoxy groups -OCH3 is 2. The van der Waals surface area contributed by atoms with E-state index in [0.717, 1.165) is 54.8 Å². The number of hydrogen-bond acceptors (Lipinski definition) is 8. The Morgan fingerprint density at radius 1 is 0.867 bits per heavy atom. The van der Waals surface area contributed by atoms with Crippen molar-refractivity contribution in [2.45, 2.75) is 45.0 Å². The van der Waals surface area contributed by atoms with E-state index < -0.39 is 11.2 Å². The van der Waals surface area contributed by atoms with Gasteiger partial charge in [0.2, 0.25) is 0 Å². The molecule has 4 aromatic rings. The summed E-state index contributed by atoms with van der Waals surface area (Å²) in [6.45, 7) is 2.47. The van der Waals surface area contributed by atoms with E-state index in [4.69, 9.17) is 14.2 Å². The number of carbonyl (C=O) groups is 2. The molecule has 45 heavy (non-hydrogen) atoms. The van der Waals surface area contributed by atoms with E-state index in [2.05, 4.69) is 9.88 Å². The lowest BCUT2D eigenvalue weighted by molar-refractivity contribution is -0.140. The molecule has 0 amide bonds. The van der Waals surface area contributed by atoms with Crippen molar-refractivity contribution in [2.75, 3.05) is 27.3 Å². The first-order valence-corrected chi connectivity index (χ1v) is 15.3. The zero-order chi connectivity index (χ0) is 32.2. The van der Waals surface area contributed by atoms with Gasteiger partial charge in [-0.15, -0.1) is 11.3 Å². The summed E-state index contributed by atoms with van der Waals surface area (Å²) in [5.41, 5.74) is 4.36. The number of carbonyl (C=O) groups excluding carboxylic acids is 2. The van der Waals surface area contributed by atoms with Crippen LogP contribution in [0.3, 0.4) is 0 Å².